The predicted molar refractivity (Wildman–Crippen MR) is 127 cm³/mol. The van der Waals surface area contributed by atoms with Gasteiger partial charge in [-0.05, 0) is 36.4 Å². The lowest BCUT2D eigenvalue weighted by atomic mass is 10.3. The van der Waals surface area contributed by atoms with Crippen LogP contribution in [0.1, 0.15) is 0 Å². The van der Waals surface area contributed by atoms with E-state index in [9.17, 15) is 0 Å². The zero-order valence-electron chi connectivity index (χ0n) is 19.8. The molecule has 182 valence electrons. The van der Waals surface area contributed by atoms with Crippen LogP contribution in [0.3, 0.4) is 0 Å². The second-order valence-electron chi connectivity index (χ2n) is 6.55. The Kier molecular flexibility index (Phi) is 8.76. The molecule has 0 aliphatic carbocycles. The van der Waals surface area contributed by atoms with Crippen LogP contribution in [0, 0.1) is 0 Å². The average Bonchev–Trinajstić information content (AvgIpc) is 2.89. The van der Waals surface area contributed by atoms with Crippen molar-refractivity contribution in [2.75, 3.05) is 42.7 Å². The summed E-state index contributed by atoms with van der Waals surface area (Å²) in [4.78, 5) is 0. The molecule has 3 aromatic carbocycles. The van der Waals surface area contributed by atoms with Gasteiger partial charge in [0.2, 0.25) is 0 Å². The molecule has 0 atom stereocenters. The van der Waals surface area contributed by atoms with Crippen LogP contribution in [0.25, 0.3) is 0 Å². The van der Waals surface area contributed by atoms with Crippen molar-refractivity contribution in [2.45, 2.75) is 0 Å². The van der Waals surface area contributed by atoms with Crippen LogP contribution in [-0.4, -0.2) is 42.7 Å². The Morgan fingerprint density at radius 1 is 0.382 bits per heavy atom. The second-order valence-corrected chi connectivity index (χ2v) is 7.54. The number of hydrogen-bond acceptors (Lipinski definition) is 9. The first-order valence-corrected chi connectivity index (χ1v) is 11.1. The second kappa shape index (κ2) is 12.0. The van der Waals surface area contributed by atoms with Gasteiger partial charge < -0.3 is 42.0 Å². The molecule has 3 aromatic rings. The molecule has 0 fully saturated rings. The van der Waals surface area contributed by atoms with Gasteiger partial charge in [0, 0.05) is 18.2 Å². The first kappa shape index (κ1) is 24.9. The number of benzene rings is 3. The summed E-state index contributed by atoms with van der Waals surface area (Å²) in [6, 6.07) is 15.4. The van der Waals surface area contributed by atoms with E-state index in [1.807, 2.05) is 0 Å². The minimum Gasteiger partial charge on any atom is -0.497 e. The van der Waals surface area contributed by atoms with Gasteiger partial charge in [-0.15, -0.1) is 0 Å². The van der Waals surface area contributed by atoms with Crippen LogP contribution in [0.15, 0.2) is 54.6 Å². The summed E-state index contributed by atoms with van der Waals surface area (Å²) in [5, 5.41) is 0. The fourth-order valence-electron chi connectivity index (χ4n) is 2.85. The third-order valence-electron chi connectivity index (χ3n) is 4.63. The minimum atomic E-state index is -2.06. The van der Waals surface area contributed by atoms with E-state index in [0.29, 0.717) is 51.7 Å². The molecule has 9 nitrogen and oxygen atoms in total. The molecule has 10 heteroatoms. The summed E-state index contributed by atoms with van der Waals surface area (Å²) in [7, 11) is 7.25. The first-order valence-electron chi connectivity index (χ1n) is 10.0. The summed E-state index contributed by atoms with van der Waals surface area (Å²) in [5.74, 6) is 4.38. The summed E-state index contributed by atoms with van der Waals surface area (Å²) < 4.78 is 50.5. The maximum Gasteiger partial charge on any atom is 0.530 e. The molecule has 0 spiro atoms. The molecule has 0 radical (unpaired) electrons. The molecule has 0 heterocycles. The molecule has 0 aliphatic rings. The van der Waals surface area contributed by atoms with Gasteiger partial charge in [-0.2, -0.15) is 0 Å². The van der Waals surface area contributed by atoms with E-state index in [1.54, 1.807) is 75.9 Å². The Bertz CT molecular complexity index is 953. The zero-order chi connectivity index (χ0) is 24.5. The number of methoxy groups -OCH3 is 6. The highest BCUT2D eigenvalue weighted by molar-refractivity contribution is 7.43. The van der Waals surface area contributed by atoms with E-state index in [-0.39, 0.29) is 0 Å². The van der Waals surface area contributed by atoms with Gasteiger partial charge >= 0.3 is 8.60 Å². The van der Waals surface area contributed by atoms with E-state index in [0.717, 1.165) is 0 Å². The average molecular weight is 490 g/mol. The molecule has 0 amide bonds. The zero-order valence-corrected chi connectivity index (χ0v) is 20.7. The van der Waals surface area contributed by atoms with Crippen LogP contribution >= 0.6 is 8.60 Å². The van der Waals surface area contributed by atoms with Crippen molar-refractivity contribution in [3.8, 4) is 51.7 Å². The van der Waals surface area contributed by atoms with Crippen molar-refractivity contribution in [3.05, 3.63) is 54.6 Å². The fourth-order valence-corrected chi connectivity index (χ4v) is 3.89. The molecule has 0 N–H and O–H groups in total. The maximum absolute atomic E-state index is 6.12. The normalized spacial score (nSPS) is 10.3. The third kappa shape index (κ3) is 5.99. The van der Waals surface area contributed by atoms with E-state index in [4.69, 9.17) is 42.0 Å². The Morgan fingerprint density at radius 3 is 0.912 bits per heavy atom. The molecule has 3 rings (SSSR count). The molecule has 0 saturated heterocycles. The van der Waals surface area contributed by atoms with Crippen LogP contribution in [-0.2, 0) is 0 Å². The highest BCUT2D eigenvalue weighted by atomic mass is 31.2. The summed E-state index contributed by atoms with van der Waals surface area (Å²) >= 11 is 0. The van der Waals surface area contributed by atoms with Crippen LogP contribution in [0.2, 0.25) is 0 Å². The molecule has 0 saturated carbocycles. The lowest BCUT2D eigenvalue weighted by Crippen LogP contribution is -2.05. The van der Waals surface area contributed by atoms with Crippen LogP contribution in [0.4, 0.5) is 0 Å². The highest BCUT2D eigenvalue weighted by Gasteiger charge is 2.26. The molecule has 0 unspecified atom stereocenters. The molecule has 34 heavy (non-hydrogen) atoms. The van der Waals surface area contributed by atoms with E-state index >= 15 is 0 Å². The molecule has 0 aliphatic heterocycles. The van der Waals surface area contributed by atoms with Crippen molar-refractivity contribution in [1.29, 1.82) is 0 Å². The van der Waals surface area contributed by atoms with Gasteiger partial charge in [0.05, 0.1) is 42.7 Å². The first-order chi connectivity index (χ1) is 16.5. The van der Waals surface area contributed by atoms with E-state index in [2.05, 4.69) is 0 Å². The molecule has 0 aromatic heterocycles. The maximum atomic E-state index is 6.12. The monoisotopic (exact) mass is 490 g/mol. The van der Waals surface area contributed by atoms with Crippen LogP contribution in [0.5, 0.6) is 51.7 Å². The van der Waals surface area contributed by atoms with Crippen molar-refractivity contribution in [1.82, 2.24) is 0 Å². The Balaban J connectivity index is 1.97. The van der Waals surface area contributed by atoms with Gasteiger partial charge in [-0.3, -0.25) is 0 Å². The number of rotatable bonds is 12. The number of ether oxygens (including phenoxy) is 6. The van der Waals surface area contributed by atoms with Gasteiger partial charge in [0.1, 0.15) is 17.2 Å². The topological polar surface area (TPSA) is 83.1 Å². The Morgan fingerprint density at radius 2 is 0.676 bits per heavy atom. The Labute approximate surface area is 200 Å². The molecular weight excluding hydrogens is 463 g/mol. The van der Waals surface area contributed by atoms with Crippen molar-refractivity contribution >= 4 is 8.60 Å². The van der Waals surface area contributed by atoms with Crippen LogP contribution < -0.4 is 42.0 Å². The highest BCUT2D eigenvalue weighted by Crippen LogP contribution is 2.49. The lowest BCUT2D eigenvalue weighted by Gasteiger charge is -2.21. The Hall–Kier alpha value is -3.71. The van der Waals surface area contributed by atoms with E-state index in [1.165, 1.54) is 21.3 Å². The van der Waals surface area contributed by atoms with Gasteiger partial charge in [-0.25, -0.2) is 0 Å². The smallest absolute Gasteiger partial charge is 0.497 e. The van der Waals surface area contributed by atoms with Crippen molar-refractivity contribution in [2.24, 2.45) is 0 Å². The number of hydrogen-bond donors (Lipinski definition) is 0. The fraction of sp³-hybridized carbons (Fsp3) is 0.250. The van der Waals surface area contributed by atoms with Crippen molar-refractivity contribution in [3.63, 3.8) is 0 Å². The summed E-state index contributed by atoms with van der Waals surface area (Å²) in [5.41, 5.74) is 0. The molecule has 0 bridgehead atoms. The van der Waals surface area contributed by atoms with Gasteiger partial charge in [0.15, 0.2) is 34.5 Å². The van der Waals surface area contributed by atoms with Gasteiger partial charge in [-0.1, -0.05) is 0 Å². The van der Waals surface area contributed by atoms with Gasteiger partial charge in [0.25, 0.3) is 0 Å². The lowest BCUT2D eigenvalue weighted by molar-refractivity contribution is 0.333. The minimum absolute atomic E-state index is 0.398. The summed E-state index contributed by atoms with van der Waals surface area (Å²) in [6.07, 6.45) is 0. The summed E-state index contributed by atoms with van der Waals surface area (Å²) in [6.45, 7) is 0. The standard InChI is InChI=1S/C24H27O9P/c1-25-16-7-10-19(22(13-16)28-4)31-34(32-20-11-8-17(26-2)14-23(20)29-5)33-21-12-9-18(27-3)15-24(21)30-6/h7-15H,1-6H3. The quantitative estimate of drug-likeness (QED) is 0.306. The largest absolute Gasteiger partial charge is 0.530 e. The van der Waals surface area contributed by atoms with E-state index < -0.39 is 8.60 Å². The van der Waals surface area contributed by atoms with Crippen molar-refractivity contribution < 1.29 is 42.0 Å². The third-order valence-corrected chi connectivity index (χ3v) is 5.67. The predicted octanol–water partition coefficient (Wildman–Crippen LogP) is 5.50. The SMILES string of the molecule is COc1ccc(OP(Oc2ccc(OC)cc2OC)Oc2ccc(OC)cc2OC)c(OC)c1. The molecular formula is C24H27O9P.